The first-order valence-electron chi connectivity index (χ1n) is 13.5. The highest BCUT2D eigenvalue weighted by molar-refractivity contribution is 6.24. The summed E-state index contributed by atoms with van der Waals surface area (Å²) >= 11 is 0. The Balaban J connectivity index is 1.79. The Morgan fingerprint density at radius 1 is 1.07 bits per heavy atom. The lowest BCUT2D eigenvalue weighted by Gasteiger charge is -2.54. The van der Waals surface area contributed by atoms with Gasteiger partial charge in [-0.1, -0.05) is 38.3 Å². The van der Waals surface area contributed by atoms with Crippen LogP contribution in [0, 0.1) is 17.8 Å². The number of nitrogens with two attached hydrogens (primary N) is 1. The molecule has 214 valence electrons. The monoisotopic (exact) mass is 554 g/mol. The minimum Gasteiger partial charge on any atom is -0.508 e. The lowest BCUT2D eigenvalue weighted by Crippen LogP contribution is -2.71. The van der Waals surface area contributed by atoms with Crippen molar-refractivity contribution in [3.05, 3.63) is 46.2 Å². The van der Waals surface area contributed by atoms with Crippen LogP contribution in [0.3, 0.4) is 0 Å². The van der Waals surface area contributed by atoms with E-state index in [4.69, 9.17) is 10.5 Å². The summed E-state index contributed by atoms with van der Waals surface area (Å²) in [5, 5.41) is 45.3. The molecule has 6 N–H and O–H groups in total. The molecule has 1 aromatic rings. The molecule has 1 aromatic carbocycles. The fourth-order valence-corrected chi connectivity index (χ4v) is 7.26. The predicted molar refractivity (Wildman–Crippen MR) is 141 cm³/mol. The van der Waals surface area contributed by atoms with Gasteiger partial charge in [-0.3, -0.25) is 24.1 Å². The zero-order chi connectivity index (χ0) is 29.3. The normalized spacial score (nSPS) is 32.5. The molecule has 0 heterocycles. The Hall–Kier alpha value is -3.70. The summed E-state index contributed by atoms with van der Waals surface area (Å²) < 4.78 is 6.13. The van der Waals surface area contributed by atoms with Crippen molar-refractivity contribution in [1.29, 1.82) is 0 Å². The summed E-state index contributed by atoms with van der Waals surface area (Å²) in [6, 6.07) is 3.18. The van der Waals surface area contributed by atoms with Crippen LogP contribution in [0.15, 0.2) is 35.1 Å². The average Bonchev–Trinajstić information content (AvgIpc) is 2.90. The number of hydrogen-bond acceptors (Lipinski definition) is 10. The van der Waals surface area contributed by atoms with Gasteiger partial charge in [-0.2, -0.15) is 0 Å². The second-order valence-corrected chi connectivity index (χ2v) is 11.5. The number of carbonyl (C=O) groups excluding carboxylic acids is 4. The summed E-state index contributed by atoms with van der Waals surface area (Å²) in [5.41, 5.74) is 1.62. The lowest BCUT2D eigenvalue weighted by atomic mass is 9.54. The SMILES string of the molecule is CC1c2cccc(O)c2C(O)=C2C(=O)[C@]3(O)C(O)=C(C(N)=O)C(=O)[C@@H](N(C)C)[C@@H]3[C@@H](OC(=O)C3CCCCC3)[C@@H]21. The number of amides is 1. The lowest BCUT2D eigenvalue weighted by molar-refractivity contribution is -0.188. The minimum absolute atomic E-state index is 0.0244. The third-order valence-corrected chi connectivity index (χ3v) is 9.16. The van der Waals surface area contributed by atoms with E-state index in [1.807, 2.05) is 0 Å². The van der Waals surface area contributed by atoms with Crippen molar-refractivity contribution in [3.8, 4) is 5.75 Å². The van der Waals surface area contributed by atoms with Crippen molar-refractivity contribution in [2.45, 2.75) is 62.7 Å². The summed E-state index contributed by atoms with van der Waals surface area (Å²) in [7, 11) is 2.99. The number of hydrogen-bond donors (Lipinski definition) is 5. The van der Waals surface area contributed by atoms with E-state index < -0.39 is 82.0 Å². The Bertz CT molecular complexity index is 1370. The topological polar surface area (TPSA) is 188 Å². The Morgan fingerprint density at radius 3 is 2.33 bits per heavy atom. The van der Waals surface area contributed by atoms with E-state index in [1.54, 1.807) is 19.1 Å². The van der Waals surface area contributed by atoms with E-state index in [0.29, 0.717) is 18.4 Å². The molecule has 4 aliphatic rings. The maximum absolute atomic E-state index is 14.2. The van der Waals surface area contributed by atoms with Gasteiger partial charge in [-0.25, -0.2) is 0 Å². The molecule has 6 atom stereocenters. The van der Waals surface area contributed by atoms with Gasteiger partial charge in [0.2, 0.25) is 5.78 Å². The second-order valence-electron chi connectivity index (χ2n) is 11.5. The standard InChI is InChI=1S/C29H34N2O9/c1-12-14-10-7-11-15(32)17(14)22(33)18-16(12)24(40-28(38)13-8-5-4-6-9-13)20-21(31(2)3)23(34)19(27(30)37)26(36)29(20,39)25(18)35/h7,10-13,16,20-21,24,32-33,36,39H,4-6,8-9H2,1-3H3,(H2,30,37)/t12?,16-,20-,21+,24+,29+/m1/s1. The van der Waals surface area contributed by atoms with Crippen molar-refractivity contribution in [3.63, 3.8) is 0 Å². The summed E-state index contributed by atoms with van der Waals surface area (Å²) in [4.78, 5) is 55.0. The molecule has 5 rings (SSSR count). The molecule has 11 nitrogen and oxygen atoms in total. The summed E-state index contributed by atoms with van der Waals surface area (Å²) in [6.45, 7) is 1.73. The van der Waals surface area contributed by atoms with Gasteiger partial charge in [0.1, 0.15) is 28.9 Å². The van der Waals surface area contributed by atoms with E-state index in [1.165, 1.54) is 25.1 Å². The van der Waals surface area contributed by atoms with Crippen molar-refractivity contribution in [2.75, 3.05) is 14.1 Å². The number of esters is 1. The number of phenolic OH excluding ortho intramolecular Hbond substituents is 1. The number of aliphatic hydroxyl groups is 3. The van der Waals surface area contributed by atoms with Crippen molar-refractivity contribution >= 4 is 29.2 Å². The molecule has 0 saturated heterocycles. The van der Waals surface area contributed by atoms with Crippen LogP contribution >= 0.6 is 0 Å². The number of ether oxygens (including phenoxy) is 1. The molecule has 0 spiro atoms. The molecule has 0 radical (unpaired) electrons. The third kappa shape index (κ3) is 3.78. The Labute approximate surface area is 230 Å². The third-order valence-electron chi connectivity index (χ3n) is 9.16. The van der Waals surface area contributed by atoms with Crippen molar-refractivity contribution in [1.82, 2.24) is 4.90 Å². The van der Waals surface area contributed by atoms with Gasteiger partial charge >= 0.3 is 5.97 Å². The first-order valence-corrected chi connectivity index (χ1v) is 13.5. The maximum atomic E-state index is 14.2. The number of Topliss-reactive ketones (excluding diaryl/α,β-unsaturated/α-hetero) is 2. The molecule has 0 aliphatic heterocycles. The molecule has 1 amide bonds. The highest BCUT2D eigenvalue weighted by atomic mass is 16.5. The van der Waals surface area contributed by atoms with Crippen molar-refractivity contribution < 1.29 is 44.3 Å². The first kappa shape index (κ1) is 27.9. The van der Waals surface area contributed by atoms with Crippen LogP contribution < -0.4 is 5.73 Å². The van der Waals surface area contributed by atoms with Crippen LogP contribution in [0.5, 0.6) is 5.75 Å². The van der Waals surface area contributed by atoms with Gasteiger partial charge < -0.3 is 30.9 Å². The number of primary amides is 1. The first-order chi connectivity index (χ1) is 18.8. The molecule has 2 fully saturated rings. The highest BCUT2D eigenvalue weighted by Crippen LogP contribution is 2.57. The number of aromatic hydroxyl groups is 1. The van der Waals surface area contributed by atoms with Gasteiger partial charge in [0.15, 0.2) is 11.4 Å². The minimum atomic E-state index is -2.94. The number of phenols is 1. The zero-order valence-electron chi connectivity index (χ0n) is 22.6. The van der Waals surface area contributed by atoms with E-state index in [2.05, 4.69) is 0 Å². The van der Waals surface area contributed by atoms with Crippen LogP contribution in [0.25, 0.3) is 5.76 Å². The largest absolute Gasteiger partial charge is 0.508 e. The molecule has 1 unspecified atom stereocenters. The van der Waals surface area contributed by atoms with Gasteiger partial charge in [0, 0.05) is 11.5 Å². The van der Waals surface area contributed by atoms with Gasteiger partial charge in [-0.05, 0) is 44.5 Å². The van der Waals surface area contributed by atoms with Gasteiger partial charge in [0.25, 0.3) is 5.91 Å². The molecular weight excluding hydrogens is 520 g/mol. The number of fused-ring (bicyclic) bond motifs is 3. The Morgan fingerprint density at radius 2 is 1.73 bits per heavy atom. The molecule has 0 aromatic heterocycles. The Kier molecular flexibility index (Phi) is 6.78. The molecule has 0 bridgehead atoms. The molecule has 40 heavy (non-hydrogen) atoms. The number of carbonyl (C=O) groups is 4. The molecule has 4 aliphatic carbocycles. The summed E-state index contributed by atoms with van der Waals surface area (Å²) in [6.07, 6.45) is 2.45. The van der Waals surface area contributed by atoms with Crippen LogP contribution in [0.2, 0.25) is 0 Å². The average molecular weight is 555 g/mol. The van der Waals surface area contributed by atoms with Crippen LogP contribution in [0.1, 0.15) is 56.1 Å². The smallest absolute Gasteiger partial charge is 0.309 e. The predicted octanol–water partition coefficient (Wildman–Crippen LogP) is 1.63. The maximum Gasteiger partial charge on any atom is 0.309 e. The number of aliphatic hydroxyl groups excluding tert-OH is 2. The van der Waals surface area contributed by atoms with Crippen molar-refractivity contribution in [2.24, 2.45) is 23.5 Å². The molecular formula is C29H34N2O9. The fourth-order valence-electron chi connectivity index (χ4n) is 7.26. The molecule has 2 saturated carbocycles. The number of nitrogens with zero attached hydrogens (tertiary/aromatic N) is 1. The zero-order valence-corrected chi connectivity index (χ0v) is 22.6. The van der Waals surface area contributed by atoms with Crippen LogP contribution in [-0.4, -0.2) is 80.6 Å². The quantitative estimate of drug-likeness (QED) is 0.270. The number of ketones is 2. The van der Waals surface area contributed by atoms with E-state index >= 15 is 0 Å². The molecule has 11 heteroatoms. The van der Waals surface area contributed by atoms with Gasteiger partial charge in [-0.15, -0.1) is 0 Å². The fraction of sp³-hybridized carbons (Fsp3) is 0.517. The van der Waals surface area contributed by atoms with E-state index in [9.17, 15) is 39.6 Å². The summed E-state index contributed by atoms with van der Waals surface area (Å²) in [5.74, 6) is -9.84. The van der Waals surface area contributed by atoms with E-state index in [0.717, 1.165) is 19.3 Å². The van der Waals surface area contributed by atoms with Gasteiger partial charge in [0.05, 0.1) is 23.4 Å². The number of benzene rings is 1. The van der Waals surface area contributed by atoms with E-state index in [-0.39, 0.29) is 16.9 Å². The van der Waals surface area contributed by atoms with Crippen LogP contribution in [0.4, 0.5) is 0 Å². The second kappa shape index (κ2) is 9.74. The van der Waals surface area contributed by atoms with Crippen LogP contribution in [-0.2, 0) is 23.9 Å². The number of likely N-dealkylation sites (N-methyl/N-ethyl adjacent to an activating group) is 1. The highest BCUT2D eigenvalue weighted by Gasteiger charge is 2.69. The number of rotatable bonds is 4.